The van der Waals surface area contributed by atoms with Gasteiger partial charge in [0.2, 0.25) is 0 Å². The molecule has 2 N–H and O–H groups in total. The second-order valence-electron chi connectivity index (χ2n) is 7.37. The Morgan fingerprint density at radius 1 is 1.18 bits per heavy atom. The molecule has 1 aliphatic heterocycles. The lowest BCUT2D eigenvalue weighted by Gasteiger charge is -2.27. The topological polar surface area (TPSA) is 61.8 Å². The van der Waals surface area contributed by atoms with Crippen LogP contribution in [0.2, 0.25) is 0 Å². The van der Waals surface area contributed by atoms with Crippen molar-refractivity contribution in [2.24, 2.45) is 5.92 Å². The van der Waals surface area contributed by atoms with Gasteiger partial charge in [-0.3, -0.25) is 0 Å². The van der Waals surface area contributed by atoms with Crippen molar-refractivity contribution in [3.63, 3.8) is 0 Å². The van der Waals surface area contributed by atoms with Crippen LogP contribution in [0.5, 0.6) is 5.75 Å². The number of nitrogens with one attached hydrogen (secondary N) is 1. The number of likely N-dealkylation sites (tertiary alicyclic amines) is 1. The Kier molecular flexibility index (Phi) is 5.17. The van der Waals surface area contributed by atoms with Crippen molar-refractivity contribution in [2.75, 3.05) is 11.9 Å². The molecule has 1 aliphatic carbocycles. The summed E-state index contributed by atoms with van der Waals surface area (Å²) in [6, 6.07) is 9.60. The van der Waals surface area contributed by atoms with Gasteiger partial charge < -0.3 is 20.1 Å². The standard InChI is InChI=1S/C21H22F2N2O3/c22-15-3-1-2-13(10-15)12-28-19-7-5-16(11-17(19)23)24-21(27)25-9-8-14-4-6-18(26)20(14)25/h1-3,5,7,10-11,14,18,20,26H,4,6,8-9,12H2,(H,24,27)/t14-,18+,20+/m0/s1. The Hall–Kier alpha value is -2.67. The fourth-order valence-corrected chi connectivity index (χ4v) is 4.19. The molecule has 1 heterocycles. The van der Waals surface area contributed by atoms with E-state index >= 15 is 0 Å². The van der Waals surface area contributed by atoms with Gasteiger partial charge in [-0.2, -0.15) is 0 Å². The van der Waals surface area contributed by atoms with E-state index in [4.69, 9.17) is 4.74 Å². The van der Waals surface area contributed by atoms with Crippen LogP contribution in [-0.2, 0) is 6.61 Å². The number of ether oxygens (including phenoxy) is 1. The molecule has 4 rings (SSSR count). The number of benzene rings is 2. The molecule has 1 saturated carbocycles. The zero-order valence-corrected chi connectivity index (χ0v) is 15.3. The fraction of sp³-hybridized carbons (Fsp3) is 0.381. The highest BCUT2D eigenvalue weighted by molar-refractivity contribution is 5.90. The summed E-state index contributed by atoms with van der Waals surface area (Å²) in [5.74, 6) is -0.628. The Balaban J connectivity index is 1.38. The average Bonchev–Trinajstić information content (AvgIpc) is 3.24. The molecule has 7 heteroatoms. The molecule has 2 aliphatic rings. The van der Waals surface area contributed by atoms with E-state index in [9.17, 15) is 18.7 Å². The first-order valence-electron chi connectivity index (χ1n) is 9.44. The maximum Gasteiger partial charge on any atom is 0.322 e. The number of halogens is 2. The van der Waals surface area contributed by atoms with Gasteiger partial charge in [-0.25, -0.2) is 13.6 Å². The number of anilines is 1. The number of amides is 2. The van der Waals surface area contributed by atoms with Crippen LogP contribution in [0.25, 0.3) is 0 Å². The van der Waals surface area contributed by atoms with Gasteiger partial charge in [0.1, 0.15) is 12.4 Å². The predicted molar refractivity (Wildman–Crippen MR) is 100.0 cm³/mol. The molecule has 2 aromatic carbocycles. The quantitative estimate of drug-likeness (QED) is 0.835. The van der Waals surface area contributed by atoms with Gasteiger partial charge in [-0.15, -0.1) is 0 Å². The largest absolute Gasteiger partial charge is 0.486 e. The van der Waals surface area contributed by atoms with Gasteiger partial charge in [0.25, 0.3) is 0 Å². The molecule has 5 nitrogen and oxygen atoms in total. The molecule has 2 aromatic rings. The SMILES string of the molecule is O=C(Nc1ccc(OCc2cccc(F)c2)c(F)c1)N1CC[C@@H]2CC[C@@H](O)[C@@H]21. The molecule has 0 spiro atoms. The van der Waals surface area contributed by atoms with Crippen molar-refractivity contribution in [1.82, 2.24) is 4.90 Å². The lowest BCUT2D eigenvalue weighted by molar-refractivity contribution is 0.101. The molecule has 0 radical (unpaired) electrons. The molecule has 1 saturated heterocycles. The van der Waals surface area contributed by atoms with E-state index < -0.39 is 11.9 Å². The Morgan fingerprint density at radius 3 is 2.82 bits per heavy atom. The normalized spacial score (nSPS) is 23.5. The van der Waals surface area contributed by atoms with Crippen molar-refractivity contribution in [2.45, 2.75) is 38.0 Å². The number of nitrogens with zero attached hydrogens (tertiary/aromatic N) is 1. The van der Waals surface area contributed by atoms with Crippen LogP contribution in [0.3, 0.4) is 0 Å². The Morgan fingerprint density at radius 2 is 2.04 bits per heavy atom. The van der Waals surface area contributed by atoms with E-state index in [1.54, 1.807) is 23.1 Å². The molecule has 3 atom stereocenters. The fourth-order valence-electron chi connectivity index (χ4n) is 4.19. The summed E-state index contributed by atoms with van der Waals surface area (Å²) in [7, 11) is 0. The van der Waals surface area contributed by atoms with E-state index in [1.165, 1.54) is 24.3 Å². The molecular weight excluding hydrogens is 366 g/mol. The minimum atomic E-state index is -0.616. The van der Waals surface area contributed by atoms with E-state index in [1.807, 2.05) is 0 Å². The Bertz CT molecular complexity index is 876. The average molecular weight is 388 g/mol. The lowest BCUT2D eigenvalue weighted by atomic mass is 10.0. The van der Waals surface area contributed by atoms with Crippen molar-refractivity contribution >= 4 is 11.7 Å². The summed E-state index contributed by atoms with van der Waals surface area (Å²) in [5.41, 5.74) is 0.909. The maximum atomic E-state index is 14.3. The number of urea groups is 1. The zero-order valence-electron chi connectivity index (χ0n) is 15.3. The first-order chi connectivity index (χ1) is 13.5. The van der Waals surface area contributed by atoms with Crippen LogP contribution in [-0.4, -0.2) is 34.7 Å². The summed E-state index contributed by atoms with van der Waals surface area (Å²) < 4.78 is 32.9. The van der Waals surface area contributed by atoms with Crippen LogP contribution < -0.4 is 10.1 Å². The summed E-state index contributed by atoms with van der Waals surface area (Å²) in [4.78, 5) is 14.2. The number of hydrogen-bond acceptors (Lipinski definition) is 3. The third-order valence-electron chi connectivity index (χ3n) is 5.54. The summed E-state index contributed by atoms with van der Waals surface area (Å²) in [6.07, 6.45) is 2.04. The third kappa shape index (κ3) is 3.80. The molecule has 148 valence electrons. The zero-order chi connectivity index (χ0) is 19.7. The molecule has 0 bridgehead atoms. The second kappa shape index (κ2) is 7.75. The number of rotatable bonds is 4. The van der Waals surface area contributed by atoms with Crippen molar-refractivity contribution in [3.8, 4) is 5.75 Å². The molecular formula is C21H22F2N2O3. The lowest BCUT2D eigenvalue weighted by Crippen LogP contribution is -2.44. The summed E-state index contributed by atoms with van der Waals surface area (Å²) in [5, 5.41) is 12.8. The molecule has 2 fully saturated rings. The van der Waals surface area contributed by atoms with E-state index in [0.717, 1.165) is 12.8 Å². The monoisotopic (exact) mass is 388 g/mol. The number of fused-ring (bicyclic) bond motifs is 1. The summed E-state index contributed by atoms with van der Waals surface area (Å²) >= 11 is 0. The smallest absolute Gasteiger partial charge is 0.322 e. The third-order valence-corrected chi connectivity index (χ3v) is 5.54. The van der Waals surface area contributed by atoms with Crippen LogP contribution >= 0.6 is 0 Å². The van der Waals surface area contributed by atoms with Crippen LogP contribution in [0.1, 0.15) is 24.8 Å². The molecule has 28 heavy (non-hydrogen) atoms. The highest BCUT2D eigenvalue weighted by atomic mass is 19.1. The highest BCUT2D eigenvalue weighted by Crippen LogP contribution is 2.38. The number of aliphatic hydroxyl groups excluding tert-OH is 1. The Labute approximate surface area is 161 Å². The number of aliphatic hydroxyl groups is 1. The van der Waals surface area contributed by atoms with Gasteiger partial charge in [-0.05, 0) is 55.0 Å². The predicted octanol–water partition coefficient (Wildman–Crippen LogP) is 3.92. The highest BCUT2D eigenvalue weighted by Gasteiger charge is 2.45. The first-order valence-corrected chi connectivity index (χ1v) is 9.44. The van der Waals surface area contributed by atoms with Crippen LogP contribution in [0.15, 0.2) is 42.5 Å². The van der Waals surface area contributed by atoms with Gasteiger partial charge in [0.15, 0.2) is 11.6 Å². The number of hydrogen-bond donors (Lipinski definition) is 2. The summed E-state index contributed by atoms with van der Waals surface area (Å²) in [6.45, 7) is 0.630. The van der Waals surface area contributed by atoms with Crippen LogP contribution in [0, 0.1) is 17.6 Å². The maximum absolute atomic E-state index is 14.3. The first kappa shape index (κ1) is 18.7. The minimum Gasteiger partial charge on any atom is -0.486 e. The van der Waals surface area contributed by atoms with Crippen molar-refractivity contribution < 1.29 is 23.4 Å². The second-order valence-corrected chi connectivity index (χ2v) is 7.37. The minimum absolute atomic E-state index is 0.0229. The van der Waals surface area contributed by atoms with Gasteiger partial charge >= 0.3 is 6.03 Å². The van der Waals surface area contributed by atoms with E-state index in [0.29, 0.717) is 30.1 Å². The van der Waals surface area contributed by atoms with E-state index in [-0.39, 0.29) is 30.2 Å². The molecule has 0 aromatic heterocycles. The van der Waals surface area contributed by atoms with Gasteiger partial charge in [0.05, 0.1) is 12.1 Å². The van der Waals surface area contributed by atoms with Gasteiger partial charge in [0, 0.05) is 18.3 Å². The van der Waals surface area contributed by atoms with Crippen LogP contribution in [0.4, 0.5) is 19.3 Å². The van der Waals surface area contributed by atoms with Gasteiger partial charge in [-0.1, -0.05) is 12.1 Å². The number of carbonyl (C=O) groups excluding carboxylic acids is 1. The molecule has 2 amide bonds. The van der Waals surface area contributed by atoms with Crippen molar-refractivity contribution in [1.29, 1.82) is 0 Å². The molecule has 0 unspecified atom stereocenters. The van der Waals surface area contributed by atoms with Crippen molar-refractivity contribution in [3.05, 3.63) is 59.7 Å². The van der Waals surface area contributed by atoms with E-state index in [2.05, 4.69) is 5.32 Å². The number of carbonyl (C=O) groups is 1.